The average molecular weight is 173 g/mol. The molecule has 0 radical (unpaired) electrons. The third kappa shape index (κ3) is 2.55. The van der Waals surface area contributed by atoms with Crippen molar-refractivity contribution in [3.63, 3.8) is 0 Å². The summed E-state index contributed by atoms with van der Waals surface area (Å²) in [6, 6.07) is 8.15. The number of hydrogen-bond acceptors (Lipinski definition) is 1. The highest BCUT2D eigenvalue weighted by Gasteiger charge is 1.96. The van der Waals surface area contributed by atoms with E-state index in [1.807, 2.05) is 38.3 Å². The summed E-state index contributed by atoms with van der Waals surface area (Å²) in [5.41, 5.74) is 2.28. The maximum Gasteiger partial charge on any atom is 0.0698 e. The molecule has 1 nitrogen and oxygen atoms in total. The van der Waals surface area contributed by atoms with Crippen LogP contribution >= 0.6 is 0 Å². The number of aliphatic imine (C=N–C) groups is 1. The van der Waals surface area contributed by atoms with Crippen LogP contribution in [0.2, 0.25) is 0 Å². The monoisotopic (exact) mass is 173 g/mol. The molecule has 0 spiro atoms. The summed E-state index contributed by atoms with van der Waals surface area (Å²) in [5.74, 6) is 0. The number of para-hydroxylation sites is 1. The number of allylic oxidation sites excluding steroid dienone is 1. The lowest BCUT2D eigenvalue weighted by Gasteiger charge is -1.95. The Morgan fingerprint density at radius 3 is 2.77 bits per heavy atom. The normalized spacial score (nSPS) is 12.5. The van der Waals surface area contributed by atoms with Gasteiger partial charge >= 0.3 is 0 Å². The largest absolute Gasteiger partial charge is 0.260 e. The van der Waals surface area contributed by atoms with E-state index in [-0.39, 0.29) is 0 Å². The Morgan fingerprint density at radius 1 is 1.15 bits per heavy atom. The predicted octanol–water partition coefficient (Wildman–Crippen LogP) is 3.83. The number of fused-ring (bicyclic) bond motifs is 1. The van der Waals surface area contributed by atoms with Crippen LogP contribution in [0.5, 0.6) is 0 Å². The molecule has 0 saturated heterocycles. The molecule has 1 aliphatic rings. The standard InChI is InChI=1S/C10H9N.C2H6/c1-2-7-10-9(5-1)6-3-4-8-11-10;1-2/h1-3,5-8H,4H2;1-2H3. The molecule has 0 aromatic heterocycles. The van der Waals surface area contributed by atoms with Crippen LogP contribution in [0.4, 0.5) is 5.69 Å². The molecule has 1 aromatic rings. The van der Waals surface area contributed by atoms with Gasteiger partial charge in [0.15, 0.2) is 0 Å². The second-order valence-corrected chi connectivity index (χ2v) is 2.51. The molecule has 0 fully saturated rings. The third-order valence-corrected chi connectivity index (χ3v) is 1.71. The van der Waals surface area contributed by atoms with Crippen LogP contribution in [-0.2, 0) is 0 Å². The van der Waals surface area contributed by atoms with Gasteiger partial charge in [0.25, 0.3) is 0 Å². The molecular weight excluding hydrogens is 158 g/mol. The predicted molar refractivity (Wildman–Crippen MR) is 59.6 cm³/mol. The second kappa shape index (κ2) is 5.31. The van der Waals surface area contributed by atoms with Crippen molar-refractivity contribution in [1.29, 1.82) is 0 Å². The molecule has 1 aromatic carbocycles. The Morgan fingerprint density at radius 2 is 1.92 bits per heavy atom. The topological polar surface area (TPSA) is 12.4 Å². The molecule has 1 heteroatoms. The van der Waals surface area contributed by atoms with E-state index in [0.29, 0.717) is 0 Å². The van der Waals surface area contributed by atoms with Crippen LogP contribution in [0, 0.1) is 0 Å². The van der Waals surface area contributed by atoms with E-state index in [4.69, 9.17) is 0 Å². The molecule has 0 saturated carbocycles. The van der Waals surface area contributed by atoms with Crippen molar-refractivity contribution in [3.8, 4) is 0 Å². The molecule has 0 unspecified atom stereocenters. The van der Waals surface area contributed by atoms with Gasteiger partial charge in [-0.2, -0.15) is 0 Å². The van der Waals surface area contributed by atoms with Gasteiger partial charge in [0.2, 0.25) is 0 Å². The van der Waals surface area contributed by atoms with Crippen LogP contribution in [-0.4, -0.2) is 6.21 Å². The number of hydrogen-bond donors (Lipinski definition) is 0. The maximum atomic E-state index is 4.30. The van der Waals surface area contributed by atoms with E-state index in [0.717, 1.165) is 12.1 Å². The fourth-order valence-corrected chi connectivity index (χ4v) is 1.15. The maximum absolute atomic E-state index is 4.30. The number of nitrogens with zero attached hydrogens (tertiary/aromatic N) is 1. The fourth-order valence-electron chi connectivity index (χ4n) is 1.15. The molecule has 1 heterocycles. The van der Waals surface area contributed by atoms with Crippen molar-refractivity contribution in [2.45, 2.75) is 20.3 Å². The van der Waals surface area contributed by atoms with Crippen LogP contribution in [0.25, 0.3) is 6.08 Å². The van der Waals surface area contributed by atoms with Crippen molar-refractivity contribution in [2.75, 3.05) is 0 Å². The van der Waals surface area contributed by atoms with Crippen molar-refractivity contribution >= 4 is 18.0 Å². The van der Waals surface area contributed by atoms with Gasteiger partial charge in [0, 0.05) is 12.6 Å². The van der Waals surface area contributed by atoms with Gasteiger partial charge in [-0.3, -0.25) is 4.99 Å². The Hall–Kier alpha value is -1.37. The van der Waals surface area contributed by atoms with E-state index in [9.17, 15) is 0 Å². The molecule has 13 heavy (non-hydrogen) atoms. The summed E-state index contributed by atoms with van der Waals surface area (Å²) in [5, 5.41) is 0. The SMILES string of the molecule is C1=Cc2ccccc2N=CC1.CC. The van der Waals surface area contributed by atoms with Gasteiger partial charge in [-0.1, -0.05) is 44.2 Å². The van der Waals surface area contributed by atoms with Crippen LogP contribution < -0.4 is 0 Å². The van der Waals surface area contributed by atoms with E-state index in [2.05, 4.69) is 23.2 Å². The summed E-state index contributed by atoms with van der Waals surface area (Å²) in [7, 11) is 0. The van der Waals surface area contributed by atoms with Crippen molar-refractivity contribution in [2.24, 2.45) is 4.99 Å². The van der Waals surface area contributed by atoms with Gasteiger partial charge in [0.05, 0.1) is 5.69 Å². The number of benzene rings is 1. The highest BCUT2D eigenvalue weighted by molar-refractivity contribution is 5.75. The first-order valence-electron chi connectivity index (χ1n) is 4.75. The number of rotatable bonds is 0. The molecular formula is C12H15N. The van der Waals surface area contributed by atoms with Gasteiger partial charge in [-0.05, 0) is 11.6 Å². The summed E-state index contributed by atoms with van der Waals surface area (Å²) < 4.78 is 0. The zero-order valence-electron chi connectivity index (χ0n) is 8.20. The smallest absolute Gasteiger partial charge is 0.0698 e. The van der Waals surface area contributed by atoms with E-state index < -0.39 is 0 Å². The minimum Gasteiger partial charge on any atom is -0.260 e. The molecule has 2 rings (SSSR count). The lowest BCUT2D eigenvalue weighted by atomic mass is 10.2. The molecule has 0 N–H and O–H groups in total. The van der Waals surface area contributed by atoms with Crippen molar-refractivity contribution in [1.82, 2.24) is 0 Å². The van der Waals surface area contributed by atoms with Crippen LogP contribution in [0.3, 0.4) is 0 Å². The lowest BCUT2D eigenvalue weighted by molar-refractivity contribution is 1.49. The first-order chi connectivity index (χ1) is 6.47. The fraction of sp³-hybridized carbons (Fsp3) is 0.250. The molecule has 0 amide bonds. The summed E-state index contributed by atoms with van der Waals surface area (Å²) in [4.78, 5) is 4.30. The van der Waals surface area contributed by atoms with Crippen LogP contribution in [0.1, 0.15) is 25.8 Å². The Labute approximate surface area is 79.8 Å². The first kappa shape index (κ1) is 9.72. The van der Waals surface area contributed by atoms with Crippen molar-refractivity contribution in [3.05, 3.63) is 35.9 Å². The molecule has 1 aliphatic heterocycles. The molecule has 0 atom stereocenters. The molecule has 0 bridgehead atoms. The third-order valence-electron chi connectivity index (χ3n) is 1.71. The zero-order valence-corrected chi connectivity index (χ0v) is 8.20. The quantitative estimate of drug-likeness (QED) is 0.565. The van der Waals surface area contributed by atoms with E-state index >= 15 is 0 Å². The van der Waals surface area contributed by atoms with Gasteiger partial charge in [-0.15, -0.1) is 0 Å². The minimum atomic E-state index is 0.939. The highest BCUT2D eigenvalue weighted by Crippen LogP contribution is 2.21. The molecule has 68 valence electrons. The molecule has 0 aliphatic carbocycles. The van der Waals surface area contributed by atoms with Gasteiger partial charge in [-0.25, -0.2) is 0 Å². The Bertz CT molecular complexity index is 280. The highest BCUT2D eigenvalue weighted by atomic mass is 14.7. The summed E-state index contributed by atoms with van der Waals surface area (Å²) >= 11 is 0. The van der Waals surface area contributed by atoms with Crippen molar-refractivity contribution < 1.29 is 0 Å². The van der Waals surface area contributed by atoms with Gasteiger partial charge < -0.3 is 0 Å². The van der Waals surface area contributed by atoms with E-state index in [1.54, 1.807) is 0 Å². The second-order valence-electron chi connectivity index (χ2n) is 2.51. The lowest BCUT2D eigenvalue weighted by Crippen LogP contribution is -1.70. The summed E-state index contributed by atoms with van der Waals surface area (Å²) in [6.07, 6.45) is 7.11. The Balaban J connectivity index is 0.000000396. The minimum absolute atomic E-state index is 0.939. The summed E-state index contributed by atoms with van der Waals surface area (Å²) in [6.45, 7) is 4.00. The van der Waals surface area contributed by atoms with E-state index in [1.165, 1.54) is 5.56 Å². The van der Waals surface area contributed by atoms with Gasteiger partial charge in [0.1, 0.15) is 0 Å². The zero-order chi connectivity index (χ0) is 9.52. The van der Waals surface area contributed by atoms with Crippen LogP contribution in [0.15, 0.2) is 35.3 Å². The Kier molecular flexibility index (Phi) is 3.97. The average Bonchev–Trinajstić information content (AvgIpc) is 2.45. The first-order valence-corrected chi connectivity index (χ1v) is 4.75.